The summed E-state index contributed by atoms with van der Waals surface area (Å²) in [6.07, 6.45) is 2.39. The molecule has 0 bridgehead atoms. The third-order valence-electron chi connectivity index (χ3n) is 3.15. The number of rotatable bonds is 4. The number of hydrogen-bond acceptors (Lipinski definition) is 4. The Hall–Kier alpha value is -2.24. The standard InChI is InChI=1S/C16H23N5O/c1-15(2,3)10-16(4,5)18-14(22)12-7-6-8-13(9-12)21-11-17-19-20-21/h6-9,11H,10H2,1-5H3,(H,18,22). The van der Waals surface area contributed by atoms with Crippen LogP contribution in [0.25, 0.3) is 5.69 Å². The maximum atomic E-state index is 12.5. The van der Waals surface area contributed by atoms with Gasteiger partial charge in [0.1, 0.15) is 6.33 Å². The Morgan fingerprint density at radius 1 is 1.23 bits per heavy atom. The van der Waals surface area contributed by atoms with Crippen molar-refractivity contribution >= 4 is 5.91 Å². The molecule has 6 heteroatoms. The Kier molecular flexibility index (Phi) is 4.30. The molecule has 1 heterocycles. The van der Waals surface area contributed by atoms with Gasteiger partial charge in [-0.1, -0.05) is 26.8 Å². The van der Waals surface area contributed by atoms with Gasteiger partial charge in [0.2, 0.25) is 0 Å². The summed E-state index contributed by atoms with van der Waals surface area (Å²) in [7, 11) is 0. The van der Waals surface area contributed by atoms with Gasteiger partial charge in [0.15, 0.2) is 0 Å². The van der Waals surface area contributed by atoms with Crippen LogP contribution in [0.2, 0.25) is 0 Å². The number of carbonyl (C=O) groups is 1. The van der Waals surface area contributed by atoms with Gasteiger partial charge in [-0.2, -0.15) is 0 Å². The van der Waals surface area contributed by atoms with Gasteiger partial charge in [0.05, 0.1) is 5.69 Å². The molecular formula is C16H23N5O. The highest BCUT2D eigenvalue weighted by Gasteiger charge is 2.27. The predicted octanol–water partition coefficient (Wildman–Crippen LogP) is 2.61. The van der Waals surface area contributed by atoms with E-state index in [0.717, 1.165) is 12.1 Å². The van der Waals surface area contributed by atoms with E-state index in [0.29, 0.717) is 5.56 Å². The minimum Gasteiger partial charge on any atom is -0.347 e. The maximum Gasteiger partial charge on any atom is 0.251 e. The fourth-order valence-electron chi connectivity index (χ4n) is 2.82. The molecule has 1 aromatic carbocycles. The van der Waals surface area contributed by atoms with Crippen LogP contribution in [-0.2, 0) is 0 Å². The van der Waals surface area contributed by atoms with Crippen molar-refractivity contribution in [3.63, 3.8) is 0 Å². The van der Waals surface area contributed by atoms with Crippen LogP contribution in [0.3, 0.4) is 0 Å². The Bertz CT molecular complexity index is 641. The van der Waals surface area contributed by atoms with Crippen molar-refractivity contribution < 1.29 is 4.79 Å². The van der Waals surface area contributed by atoms with Crippen molar-refractivity contribution in [3.05, 3.63) is 36.2 Å². The zero-order valence-electron chi connectivity index (χ0n) is 13.8. The molecule has 0 saturated carbocycles. The Morgan fingerprint density at radius 3 is 2.55 bits per heavy atom. The minimum absolute atomic E-state index is 0.0934. The summed E-state index contributed by atoms with van der Waals surface area (Å²) >= 11 is 0. The summed E-state index contributed by atoms with van der Waals surface area (Å²) in [6.45, 7) is 10.6. The van der Waals surface area contributed by atoms with E-state index in [1.54, 1.807) is 12.1 Å². The average Bonchev–Trinajstić information content (AvgIpc) is 2.89. The number of tetrazole rings is 1. The van der Waals surface area contributed by atoms with Gasteiger partial charge in [-0.3, -0.25) is 4.79 Å². The second-order valence-electron chi connectivity index (χ2n) is 7.38. The fraction of sp³-hybridized carbons (Fsp3) is 0.500. The molecule has 0 spiro atoms. The first kappa shape index (κ1) is 16.1. The van der Waals surface area contributed by atoms with Gasteiger partial charge in [-0.15, -0.1) is 5.10 Å². The molecule has 0 saturated heterocycles. The van der Waals surface area contributed by atoms with Gasteiger partial charge in [-0.05, 0) is 54.3 Å². The SMILES string of the molecule is CC(C)(C)CC(C)(C)NC(=O)c1cccc(-n2cnnn2)c1. The topological polar surface area (TPSA) is 72.7 Å². The van der Waals surface area contributed by atoms with E-state index in [9.17, 15) is 4.79 Å². The smallest absolute Gasteiger partial charge is 0.251 e. The maximum absolute atomic E-state index is 12.5. The van der Waals surface area contributed by atoms with Gasteiger partial charge >= 0.3 is 0 Å². The molecule has 0 atom stereocenters. The predicted molar refractivity (Wildman–Crippen MR) is 84.8 cm³/mol. The molecule has 0 fully saturated rings. The third kappa shape index (κ3) is 4.38. The monoisotopic (exact) mass is 301 g/mol. The molecule has 0 unspecified atom stereocenters. The molecule has 22 heavy (non-hydrogen) atoms. The van der Waals surface area contributed by atoms with Crippen molar-refractivity contribution in [1.82, 2.24) is 25.5 Å². The normalized spacial score (nSPS) is 12.2. The molecule has 6 nitrogen and oxygen atoms in total. The average molecular weight is 301 g/mol. The molecular weight excluding hydrogens is 278 g/mol. The van der Waals surface area contributed by atoms with Crippen molar-refractivity contribution in [2.24, 2.45) is 5.41 Å². The fourth-order valence-corrected chi connectivity index (χ4v) is 2.82. The third-order valence-corrected chi connectivity index (χ3v) is 3.15. The number of amides is 1. The first-order chi connectivity index (χ1) is 10.2. The van der Waals surface area contributed by atoms with Gasteiger partial charge in [-0.25, -0.2) is 4.68 Å². The molecule has 0 radical (unpaired) electrons. The summed E-state index contributed by atoms with van der Waals surface area (Å²) in [5, 5.41) is 14.1. The number of nitrogens with zero attached hydrogens (tertiary/aromatic N) is 4. The highest BCUT2D eigenvalue weighted by atomic mass is 16.1. The van der Waals surface area contributed by atoms with Crippen LogP contribution in [0.5, 0.6) is 0 Å². The zero-order valence-corrected chi connectivity index (χ0v) is 13.8. The lowest BCUT2D eigenvalue weighted by molar-refractivity contribution is 0.0891. The molecule has 2 rings (SSSR count). The molecule has 2 aromatic rings. The largest absolute Gasteiger partial charge is 0.347 e. The van der Waals surface area contributed by atoms with Gasteiger partial charge in [0.25, 0.3) is 5.91 Å². The van der Waals surface area contributed by atoms with Crippen LogP contribution in [0.15, 0.2) is 30.6 Å². The second kappa shape index (κ2) is 5.87. The van der Waals surface area contributed by atoms with Crippen molar-refractivity contribution in [2.75, 3.05) is 0 Å². The van der Waals surface area contributed by atoms with E-state index in [4.69, 9.17) is 0 Å². The van der Waals surface area contributed by atoms with Crippen LogP contribution < -0.4 is 5.32 Å². The molecule has 0 aliphatic rings. The molecule has 118 valence electrons. The summed E-state index contributed by atoms with van der Waals surface area (Å²) < 4.78 is 1.52. The first-order valence-electron chi connectivity index (χ1n) is 7.32. The number of benzene rings is 1. The molecule has 1 amide bonds. The van der Waals surface area contributed by atoms with Crippen molar-refractivity contribution in [2.45, 2.75) is 46.6 Å². The van der Waals surface area contributed by atoms with E-state index >= 15 is 0 Å². The van der Waals surface area contributed by atoms with E-state index in [1.165, 1.54) is 11.0 Å². The van der Waals surface area contributed by atoms with Crippen LogP contribution >= 0.6 is 0 Å². The summed E-state index contributed by atoms with van der Waals surface area (Å²) in [6, 6.07) is 7.24. The number of aromatic nitrogens is 4. The number of nitrogens with one attached hydrogen (secondary N) is 1. The molecule has 1 aromatic heterocycles. The zero-order chi connectivity index (χ0) is 16.4. The molecule has 0 aliphatic heterocycles. The highest BCUT2D eigenvalue weighted by molar-refractivity contribution is 5.95. The summed E-state index contributed by atoms with van der Waals surface area (Å²) in [4.78, 5) is 12.5. The van der Waals surface area contributed by atoms with Crippen molar-refractivity contribution in [3.8, 4) is 5.69 Å². The van der Waals surface area contributed by atoms with E-state index in [2.05, 4.69) is 41.6 Å². The lowest BCUT2D eigenvalue weighted by atomic mass is 9.81. The quantitative estimate of drug-likeness (QED) is 0.942. The lowest BCUT2D eigenvalue weighted by Crippen LogP contribution is -2.45. The Balaban J connectivity index is 2.15. The van der Waals surface area contributed by atoms with E-state index in [1.807, 2.05) is 26.0 Å². The van der Waals surface area contributed by atoms with Crippen LogP contribution in [-0.4, -0.2) is 31.7 Å². The minimum atomic E-state index is -0.278. The van der Waals surface area contributed by atoms with Gasteiger partial charge in [0, 0.05) is 11.1 Å². The Labute approximate surface area is 130 Å². The number of carbonyl (C=O) groups excluding carboxylic acids is 1. The highest BCUT2D eigenvalue weighted by Crippen LogP contribution is 2.27. The van der Waals surface area contributed by atoms with E-state index < -0.39 is 0 Å². The van der Waals surface area contributed by atoms with Crippen molar-refractivity contribution in [1.29, 1.82) is 0 Å². The second-order valence-corrected chi connectivity index (χ2v) is 7.38. The summed E-state index contributed by atoms with van der Waals surface area (Å²) in [5.74, 6) is -0.0934. The number of hydrogen-bond donors (Lipinski definition) is 1. The lowest BCUT2D eigenvalue weighted by Gasteiger charge is -2.33. The Morgan fingerprint density at radius 2 is 1.95 bits per heavy atom. The van der Waals surface area contributed by atoms with Gasteiger partial charge < -0.3 is 5.32 Å². The first-order valence-corrected chi connectivity index (χ1v) is 7.32. The molecule has 1 N–H and O–H groups in total. The summed E-state index contributed by atoms with van der Waals surface area (Å²) in [5.41, 5.74) is 1.21. The van der Waals surface area contributed by atoms with E-state index in [-0.39, 0.29) is 16.9 Å². The van der Waals surface area contributed by atoms with Crippen LogP contribution in [0, 0.1) is 5.41 Å². The van der Waals surface area contributed by atoms with Crippen LogP contribution in [0.1, 0.15) is 51.4 Å². The molecule has 0 aliphatic carbocycles. The van der Waals surface area contributed by atoms with Crippen LogP contribution in [0.4, 0.5) is 0 Å².